The summed E-state index contributed by atoms with van der Waals surface area (Å²) >= 11 is 0. The van der Waals surface area contributed by atoms with Crippen molar-refractivity contribution in [2.24, 2.45) is 5.41 Å². The van der Waals surface area contributed by atoms with Crippen molar-refractivity contribution in [2.75, 3.05) is 18.5 Å². The molecule has 152 valence electrons. The Balaban J connectivity index is 2.02. The van der Waals surface area contributed by atoms with Crippen LogP contribution in [0.15, 0.2) is 54.6 Å². The van der Waals surface area contributed by atoms with Crippen molar-refractivity contribution in [3.63, 3.8) is 0 Å². The van der Waals surface area contributed by atoms with E-state index in [0.717, 1.165) is 11.1 Å². The lowest BCUT2D eigenvalue weighted by atomic mass is 9.66. The Morgan fingerprint density at radius 1 is 0.931 bits per heavy atom. The number of benzene rings is 2. The monoisotopic (exact) mass is 395 g/mol. The highest BCUT2D eigenvalue weighted by Gasteiger charge is 2.54. The van der Waals surface area contributed by atoms with Crippen molar-refractivity contribution in [3.8, 4) is 0 Å². The fourth-order valence-electron chi connectivity index (χ4n) is 3.81. The van der Waals surface area contributed by atoms with Crippen LogP contribution in [0.25, 0.3) is 0 Å². The number of ether oxygens (including phenoxy) is 2. The largest absolute Gasteiger partial charge is 0.465 e. The predicted molar refractivity (Wildman–Crippen MR) is 108 cm³/mol. The molecule has 1 amide bonds. The van der Waals surface area contributed by atoms with Gasteiger partial charge in [-0.05, 0) is 49.9 Å². The molecule has 0 aromatic heterocycles. The van der Waals surface area contributed by atoms with Crippen LogP contribution in [0, 0.1) is 5.41 Å². The molecule has 1 atom stereocenters. The van der Waals surface area contributed by atoms with Gasteiger partial charge in [0.2, 0.25) is 5.91 Å². The summed E-state index contributed by atoms with van der Waals surface area (Å²) in [6, 6.07) is 16.5. The Hall–Kier alpha value is -3.15. The average molecular weight is 395 g/mol. The van der Waals surface area contributed by atoms with Crippen LogP contribution in [0.3, 0.4) is 0 Å². The molecule has 2 aromatic rings. The molecule has 3 rings (SSSR count). The van der Waals surface area contributed by atoms with Gasteiger partial charge in [0, 0.05) is 5.69 Å². The fraction of sp³-hybridized carbons (Fsp3) is 0.348. The number of amides is 1. The maximum Gasteiger partial charge on any atom is 0.323 e. The Morgan fingerprint density at radius 2 is 1.52 bits per heavy atom. The highest BCUT2D eigenvalue weighted by molar-refractivity contribution is 6.03. The van der Waals surface area contributed by atoms with Gasteiger partial charge < -0.3 is 14.8 Å². The minimum absolute atomic E-state index is 0.000344. The number of carbonyl (C=O) groups is 3. The molecule has 1 unspecified atom stereocenters. The van der Waals surface area contributed by atoms with Gasteiger partial charge in [0.1, 0.15) is 0 Å². The first-order chi connectivity index (χ1) is 14.0. The molecule has 0 radical (unpaired) electrons. The van der Waals surface area contributed by atoms with Gasteiger partial charge in [0.25, 0.3) is 0 Å². The minimum Gasteiger partial charge on any atom is -0.465 e. The minimum atomic E-state index is -1.54. The molecule has 0 spiro atoms. The second kappa shape index (κ2) is 8.90. The molecule has 0 heterocycles. The lowest BCUT2D eigenvalue weighted by Crippen LogP contribution is -2.48. The van der Waals surface area contributed by atoms with E-state index in [0.29, 0.717) is 5.69 Å². The van der Waals surface area contributed by atoms with Gasteiger partial charge in [-0.15, -0.1) is 0 Å². The van der Waals surface area contributed by atoms with Crippen molar-refractivity contribution >= 4 is 23.5 Å². The Morgan fingerprint density at radius 3 is 2.14 bits per heavy atom. The summed E-state index contributed by atoms with van der Waals surface area (Å²) in [6.07, 6.45) is 0.149. The van der Waals surface area contributed by atoms with Crippen molar-refractivity contribution in [2.45, 2.75) is 32.6 Å². The van der Waals surface area contributed by atoms with Crippen molar-refractivity contribution in [1.29, 1.82) is 0 Å². The quantitative estimate of drug-likeness (QED) is 0.598. The van der Waals surface area contributed by atoms with Gasteiger partial charge in [-0.3, -0.25) is 14.4 Å². The van der Waals surface area contributed by atoms with Crippen LogP contribution in [-0.4, -0.2) is 31.1 Å². The van der Waals surface area contributed by atoms with E-state index in [1.165, 1.54) is 0 Å². The third-order valence-electron chi connectivity index (χ3n) is 5.17. The van der Waals surface area contributed by atoms with Crippen molar-refractivity contribution < 1.29 is 23.9 Å². The van der Waals surface area contributed by atoms with E-state index in [9.17, 15) is 14.4 Å². The zero-order valence-electron chi connectivity index (χ0n) is 16.6. The number of hydrogen-bond donors (Lipinski definition) is 1. The van der Waals surface area contributed by atoms with E-state index >= 15 is 0 Å². The van der Waals surface area contributed by atoms with E-state index < -0.39 is 23.3 Å². The van der Waals surface area contributed by atoms with Crippen molar-refractivity contribution in [1.82, 2.24) is 0 Å². The summed E-state index contributed by atoms with van der Waals surface area (Å²) in [5.74, 6) is -2.26. The van der Waals surface area contributed by atoms with Crippen LogP contribution in [0.1, 0.15) is 37.3 Å². The number of anilines is 1. The van der Waals surface area contributed by atoms with Crippen LogP contribution < -0.4 is 5.32 Å². The van der Waals surface area contributed by atoms with Crippen LogP contribution >= 0.6 is 0 Å². The van der Waals surface area contributed by atoms with E-state index in [2.05, 4.69) is 5.32 Å². The van der Waals surface area contributed by atoms with Gasteiger partial charge in [0.05, 0.1) is 19.1 Å². The average Bonchev–Trinajstić information content (AvgIpc) is 2.73. The normalized spacial score (nSPS) is 17.0. The summed E-state index contributed by atoms with van der Waals surface area (Å²) in [5, 5.41) is 2.89. The molecule has 1 N–H and O–H groups in total. The number of hydrogen-bond acceptors (Lipinski definition) is 5. The maximum atomic E-state index is 13.2. The van der Waals surface area contributed by atoms with E-state index in [1.807, 2.05) is 42.5 Å². The molecular weight excluding hydrogens is 370 g/mol. The number of rotatable bonds is 6. The number of esters is 2. The highest BCUT2D eigenvalue weighted by Crippen LogP contribution is 2.44. The first-order valence-corrected chi connectivity index (χ1v) is 9.80. The number of para-hydroxylation sites is 1. The molecule has 1 aliphatic carbocycles. The zero-order chi connectivity index (χ0) is 20.9. The summed E-state index contributed by atoms with van der Waals surface area (Å²) < 4.78 is 10.5. The molecule has 1 aliphatic rings. The predicted octanol–water partition coefficient (Wildman–Crippen LogP) is 3.47. The van der Waals surface area contributed by atoms with Gasteiger partial charge in [-0.25, -0.2) is 0 Å². The fourth-order valence-corrected chi connectivity index (χ4v) is 3.81. The maximum absolute atomic E-state index is 13.2. The van der Waals surface area contributed by atoms with Crippen molar-refractivity contribution in [3.05, 3.63) is 65.7 Å². The molecular formula is C23H25NO5. The summed E-state index contributed by atoms with van der Waals surface area (Å²) in [5.41, 5.74) is 0.690. The van der Waals surface area contributed by atoms with Gasteiger partial charge in [-0.1, -0.05) is 42.5 Å². The van der Waals surface area contributed by atoms with Gasteiger partial charge >= 0.3 is 11.9 Å². The second-order valence-corrected chi connectivity index (χ2v) is 7.01. The summed E-state index contributed by atoms with van der Waals surface area (Å²) in [7, 11) is 0. The first kappa shape index (κ1) is 20.6. The smallest absolute Gasteiger partial charge is 0.323 e. The summed E-state index contributed by atoms with van der Waals surface area (Å²) in [4.78, 5) is 39.0. The van der Waals surface area contributed by atoms with Gasteiger partial charge in [-0.2, -0.15) is 0 Å². The number of fused-ring (bicyclic) bond motifs is 1. The van der Waals surface area contributed by atoms with Crippen LogP contribution in [0.2, 0.25) is 0 Å². The lowest BCUT2D eigenvalue weighted by Gasteiger charge is -2.37. The van der Waals surface area contributed by atoms with Gasteiger partial charge in [0.15, 0.2) is 5.41 Å². The van der Waals surface area contributed by atoms with E-state index in [1.54, 1.807) is 26.0 Å². The summed E-state index contributed by atoms with van der Waals surface area (Å²) in [6.45, 7) is 3.66. The standard InChI is InChI=1S/C23H25NO5/c1-3-28-21(26)23(22(27)29-4-2)14-16-10-8-9-13-18(16)19(15-23)20(25)24-17-11-6-5-7-12-17/h5-13,19H,3-4,14-15H2,1-2H3,(H,24,25). The van der Waals surface area contributed by atoms with Crippen LogP contribution in [-0.2, 0) is 30.3 Å². The third-order valence-corrected chi connectivity index (χ3v) is 5.17. The second-order valence-electron chi connectivity index (χ2n) is 7.01. The lowest BCUT2D eigenvalue weighted by molar-refractivity contribution is -0.173. The molecule has 2 aromatic carbocycles. The van der Waals surface area contributed by atoms with Crippen LogP contribution in [0.4, 0.5) is 5.69 Å². The SMILES string of the molecule is CCOC(=O)C1(C(=O)OCC)Cc2ccccc2C(C(=O)Nc2ccccc2)C1. The Bertz CT molecular complexity index is 875. The van der Waals surface area contributed by atoms with Crippen LogP contribution in [0.5, 0.6) is 0 Å². The molecule has 0 bridgehead atoms. The molecule has 6 nitrogen and oxygen atoms in total. The molecule has 6 heteroatoms. The molecule has 0 aliphatic heterocycles. The third kappa shape index (κ3) is 4.16. The van der Waals surface area contributed by atoms with E-state index in [4.69, 9.17) is 9.47 Å². The number of nitrogens with one attached hydrogen (secondary N) is 1. The number of carbonyl (C=O) groups excluding carboxylic acids is 3. The first-order valence-electron chi connectivity index (χ1n) is 9.80. The Kier molecular flexibility index (Phi) is 6.32. The molecule has 0 saturated heterocycles. The Labute approximate surface area is 170 Å². The topological polar surface area (TPSA) is 81.7 Å². The molecule has 0 saturated carbocycles. The molecule has 0 fully saturated rings. The zero-order valence-corrected chi connectivity index (χ0v) is 16.6. The molecule has 29 heavy (non-hydrogen) atoms. The highest BCUT2D eigenvalue weighted by atomic mass is 16.6. The van der Waals surface area contributed by atoms with E-state index in [-0.39, 0.29) is 32.0 Å².